The molecule has 2 N–H and O–H groups in total. The van der Waals surface area contributed by atoms with E-state index in [9.17, 15) is 0 Å². The number of hydrogen-bond acceptors (Lipinski definition) is 5. The maximum atomic E-state index is 5.86. The summed E-state index contributed by atoms with van der Waals surface area (Å²) in [7, 11) is 0. The summed E-state index contributed by atoms with van der Waals surface area (Å²) in [6.45, 7) is 3.61. The molecule has 0 saturated carbocycles. The summed E-state index contributed by atoms with van der Waals surface area (Å²) in [5, 5.41) is 3.45. The number of fused-ring (bicyclic) bond motifs is 1. The summed E-state index contributed by atoms with van der Waals surface area (Å²) in [5.41, 5.74) is 1.19. The summed E-state index contributed by atoms with van der Waals surface area (Å²) in [4.78, 5) is 15.3. The van der Waals surface area contributed by atoms with Crippen LogP contribution in [0.4, 0.5) is 5.82 Å². The molecule has 1 saturated heterocycles. The van der Waals surface area contributed by atoms with Gasteiger partial charge < -0.3 is 15.0 Å². The minimum atomic E-state index is -0.135. The first-order chi connectivity index (χ1) is 8.66. The molecule has 0 spiro atoms. The number of ether oxygens (including phenoxy) is 1. The van der Waals surface area contributed by atoms with E-state index in [0.717, 1.165) is 25.0 Å². The van der Waals surface area contributed by atoms with E-state index in [0.29, 0.717) is 18.0 Å². The van der Waals surface area contributed by atoms with E-state index in [-0.39, 0.29) is 10.9 Å². The van der Waals surface area contributed by atoms with Crippen molar-refractivity contribution in [3.8, 4) is 0 Å². The third-order valence-corrected chi connectivity index (χ3v) is 3.36. The number of rotatable bonds is 3. The largest absolute Gasteiger partial charge is 0.373 e. The van der Waals surface area contributed by atoms with Crippen molar-refractivity contribution in [2.45, 2.75) is 25.4 Å². The fraction of sp³-hybridized carbons (Fsp3) is 0.545. The zero-order chi connectivity index (χ0) is 12.6. The fourth-order valence-electron chi connectivity index (χ4n) is 2.18. The van der Waals surface area contributed by atoms with Gasteiger partial charge >= 0.3 is 0 Å². The van der Waals surface area contributed by atoms with Gasteiger partial charge in [0.15, 0.2) is 11.5 Å². The number of anilines is 1. The molecule has 7 heteroatoms. The van der Waals surface area contributed by atoms with Crippen LogP contribution in [0.25, 0.3) is 11.2 Å². The third kappa shape index (κ3) is 2.13. The van der Waals surface area contributed by atoms with Crippen molar-refractivity contribution in [2.24, 2.45) is 0 Å². The van der Waals surface area contributed by atoms with Crippen LogP contribution in [-0.2, 0) is 4.74 Å². The predicted octanol–water partition coefficient (Wildman–Crippen LogP) is 1.99. The van der Waals surface area contributed by atoms with Gasteiger partial charge in [-0.1, -0.05) is 0 Å². The molecule has 1 aliphatic rings. The quantitative estimate of drug-likeness (QED) is 0.832. The first kappa shape index (κ1) is 11.7. The van der Waals surface area contributed by atoms with Crippen LogP contribution in [0.15, 0.2) is 6.33 Å². The molecule has 2 aromatic rings. The second-order valence-electron chi connectivity index (χ2n) is 4.70. The standard InChI is InChI=1S/C11H14ClN5O/c1-11(3-2-4-18-11)5-13-8-7-9(15-6-14-7)17-10(12)16-8/h6H,2-5H2,1H3,(H2,13,14,15,16,17). The maximum Gasteiger partial charge on any atom is 0.226 e. The Morgan fingerprint density at radius 3 is 3.22 bits per heavy atom. The number of H-pyrrole nitrogens is 1. The number of nitrogens with one attached hydrogen (secondary N) is 2. The monoisotopic (exact) mass is 267 g/mol. The second-order valence-corrected chi connectivity index (χ2v) is 5.04. The predicted molar refractivity (Wildman–Crippen MR) is 68.8 cm³/mol. The highest BCUT2D eigenvalue weighted by molar-refractivity contribution is 6.28. The molecular weight excluding hydrogens is 254 g/mol. The molecule has 1 unspecified atom stereocenters. The Balaban J connectivity index is 1.83. The topological polar surface area (TPSA) is 75.7 Å². The molecule has 0 amide bonds. The van der Waals surface area contributed by atoms with Gasteiger partial charge in [-0.05, 0) is 31.4 Å². The normalized spacial score (nSPS) is 23.7. The summed E-state index contributed by atoms with van der Waals surface area (Å²) in [5.74, 6) is 0.666. The van der Waals surface area contributed by atoms with Crippen LogP contribution in [0.2, 0.25) is 5.28 Å². The number of imidazole rings is 1. The van der Waals surface area contributed by atoms with Crippen molar-refractivity contribution in [3.05, 3.63) is 11.6 Å². The first-order valence-electron chi connectivity index (χ1n) is 5.91. The molecule has 3 rings (SSSR count). The third-order valence-electron chi connectivity index (χ3n) is 3.19. The Labute approximate surface area is 109 Å². The summed E-state index contributed by atoms with van der Waals surface area (Å²) < 4.78 is 5.72. The van der Waals surface area contributed by atoms with Crippen LogP contribution >= 0.6 is 11.6 Å². The molecule has 0 aromatic carbocycles. The van der Waals surface area contributed by atoms with E-state index >= 15 is 0 Å². The Bertz CT molecular complexity index is 564. The van der Waals surface area contributed by atoms with Gasteiger partial charge in [0.05, 0.1) is 11.9 Å². The Kier molecular flexibility index (Phi) is 2.83. The van der Waals surface area contributed by atoms with Crippen molar-refractivity contribution < 1.29 is 4.74 Å². The van der Waals surface area contributed by atoms with Gasteiger partial charge in [0.2, 0.25) is 5.28 Å². The molecule has 18 heavy (non-hydrogen) atoms. The van der Waals surface area contributed by atoms with E-state index < -0.39 is 0 Å². The lowest BCUT2D eigenvalue weighted by Crippen LogP contribution is -2.32. The summed E-state index contributed by atoms with van der Waals surface area (Å²) in [6, 6.07) is 0. The van der Waals surface area contributed by atoms with Gasteiger partial charge in [0.1, 0.15) is 5.52 Å². The van der Waals surface area contributed by atoms with Crippen molar-refractivity contribution in [1.82, 2.24) is 19.9 Å². The van der Waals surface area contributed by atoms with Crippen LogP contribution in [-0.4, -0.2) is 38.7 Å². The molecule has 2 aromatic heterocycles. The average Bonchev–Trinajstić information content (AvgIpc) is 2.95. The summed E-state index contributed by atoms with van der Waals surface area (Å²) >= 11 is 5.86. The Morgan fingerprint density at radius 2 is 2.44 bits per heavy atom. The van der Waals surface area contributed by atoms with Crippen molar-refractivity contribution in [1.29, 1.82) is 0 Å². The van der Waals surface area contributed by atoms with E-state index in [1.54, 1.807) is 6.33 Å². The SMILES string of the molecule is CC1(CNc2nc(Cl)nc3nc[nH]c23)CCCO1. The minimum absolute atomic E-state index is 0.135. The van der Waals surface area contributed by atoms with E-state index in [2.05, 4.69) is 32.2 Å². The minimum Gasteiger partial charge on any atom is -0.373 e. The number of nitrogens with zero attached hydrogens (tertiary/aromatic N) is 3. The smallest absolute Gasteiger partial charge is 0.226 e. The number of aromatic amines is 1. The van der Waals surface area contributed by atoms with Crippen LogP contribution in [0, 0.1) is 0 Å². The molecule has 3 heterocycles. The highest BCUT2D eigenvalue weighted by Crippen LogP contribution is 2.26. The van der Waals surface area contributed by atoms with Crippen LogP contribution in [0.3, 0.4) is 0 Å². The summed E-state index contributed by atoms with van der Waals surface area (Å²) in [6.07, 6.45) is 3.72. The number of aromatic nitrogens is 4. The molecule has 0 bridgehead atoms. The zero-order valence-corrected chi connectivity index (χ0v) is 10.8. The lowest BCUT2D eigenvalue weighted by Gasteiger charge is -2.23. The van der Waals surface area contributed by atoms with E-state index in [1.807, 2.05) is 0 Å². The lowest BCUT2D eigenvalue weighted by molar-refractivity contribution is 0.0315. The molecule has 1 aliphatic heterocycles. The van der Waals surface area contributed by atoms with Gasteiger partial charge in [0, 0.05) is 13.2 Å². The molecular formula is C11H14ClN5O. The van der Waals surface area contributed by atoms with Gasteiger partial charge in [-0.15, -0.1) is 0 Å². The Morgan fingerprint density at radius 1 is 1.56 bits per heavy atom. The number of halogens is 1. The maximum absolute atomic E-state index is 5.86. The van der Waals surface area contributed by atoms with Gasteiger partial charge in [-0.3, -0.25) is 0 Å². The second kappa shape index (κ2) is 4.37. The zero-order valence-electron chi connectivity index (χ0n) is 10.0. The highest BCUT2D eigenvalue weighted by Gasteiger charge is 2.29. The average molecular weight is 268 g/mol. The molecule has 1 fully saturated rings. The van der Waals surface area contributed by atoms with Crippen LogP contribution < -0.4 is 5.32 Å². The molecule has 1 atom stereocenters. The van der Waals surface area contributed by atoms with E-state index in [4.69, 9.17) is 16.3 Å². The number of hydrogen-bond donors (Lipinski definition) is 2. The van der Waals surface area contributed by atoms with Crippen molar-refractivity contribution >= 4 is 28.6 Å². The van der Waals surface area contributed by atoms with Crippen molar-refractivity contribution in [2.75, 3.05) is 18.5 Å². The lowest BCUT2D eigenvalue weighted by atomic mass is 10.0. The molecule has 6 nitrogen and oxygen atoms in total. The van der Waals surface area contributed by atoms with Gasteiger partial charge in [-0.2, -0.15) is 9.97 Å². The first-order valence-corrected chi connectivity index (χ1v) is 6.29. The molecule has 96 valence electrons. The van der Waals surface area contributed by atoms with Gasteiger partial charge in [0.25, 0.3) is 0 Å². The Hall–Kier alpha value is -1.40. The highest BCUT2D eigenvalue weighted by atomic mass is 35.5. The van der Waals surface area contributed by atoms with Gasteiger partial charge in [-0.25, -0.2) is 4.98 Å². The van der Waals surface area contributed by atoms with E-state index in [1.165, 1.54) is 0 Å². The van der Waals surface area contributed by atoms with Crippen LogP contribution in [0.1, 0.15) is 19.8 Å². The molecule has 0 radical (unpaired) electrons. The molecule has 0 aliphatic carbocycles. The fourth-order valence-corrected chi connectivity index (χ4v) is 2.35. The van der Waals surface area contributed by atoms with Crippen LogP contribution in [0.5, 0.6) is 0 Å². The van der Waals surface area contributed by atoms with Crippen molar-refractivity contribution in [3.63, 3.8) is 0 Å².